The van der Waals surface area contributed by atoms with Crippen molar-refractivity contribution in [3.05, 3.63) is 16.1 Å². The van der Waals surface area contributed by atoms with Gasteiger partial charge in [0.25, 0.3) is 0 Å². The SMILES string of the molecule is Cc1ncsc1CNC(=O)C1CCC(N)C1.Cl.Cl. The first-order chi connectivity index (χ1) is 7.66. The van der Waals surface area contributed by atoms with Crippen molar-refractivity contribution in [2.75, 3.05) is 0 Å². The minimum atomic E-state index is 0. The summed E-state index contributed by atoms with van der Waals surface area (Å²) in [7, 11) is 0. The number of nitrogens with one attached hydrogen (secondary N) is 1. The van der Waals surface area contributed by atoms with Crippen molar-refractivity contribution in [3.8, 4) is 0 Å². The Morgan fingerprint density at radius 1 is 1.56 bits per heavy atom. The number of hydrogen-bond acceptors (Lipinski definition) is 4. The predicted molar refractivity (Wildman–Crippen MR) is 78.5 cm³/mol. The molecule has 1 aliphatic carbocycles. The highest BCUT2D eigenvalue weighted by Crippen LogP contribution is 2.24. The molecule has 1 amide bonds. The van der Waals surface area contributed by atoms with Crippen LogP contribution in [0.15, 0.2) is 5.51 Å². The van der Waals surface area contributed by atoms with Gasteiger partial charge >= 0.3 is 0 Å². The van der Waals surface area contributed by atoms with E-state index in [1.165, 1.54) is 0 Å². The fraction of sp³-hybridized carbons (Fsp3) is 0.636. The van der Waals surface area contributed by atoms with Crippen LogP contribution in [0.2, 0.25) is 0 Å². The fourth-order valence-electron chi connectivity index (χ4n) is 2.06. The predicted octanol–water partition coefficient (Wildman–Crippen LogP) is 2.04. The normalized spacial score (nSPS) is 21.9. The lowest BCUT2D eigenvalue weighted by molar-refractivity contribution is -0.124. The first kappa shape index (κ1) is 17.6. The van der Waals surface area contributed by atoms with Crippen LogP contribution in [0.25, 0.3) is 0 Å². The van der Waals surface area contributed by atoms with Gasteiger partial charge in [-0.15, -0.1) is 36.2 Å². The lowest BCUT2D eigenvalue weighted by atomic mass is 10.1. The van der Waals surface area contributed by atoms with Crippen molar-refractivity contribution in [1.82, 2.24) is 10.3 Å². The maximum Gasteiger partial charge on any atom is 0.223 e. The van der Waals surface area contributed by atoms with Gasteiger partial charge in [0, 0.05) is 16.8 Å². The van der Waals surface area contributed by atoms with Gasteiger partial charge in [0.15, 0.2) is 0 Å². The van der Waals surface area contributed by atoms with Crippen LogP contribution in [0.4, 0.5) is 0 Å². The number of carbonyl (C=O) groups is 1. The monoisotopic (exact) mass is 311 g/mol. The van der Waals surface area contributed by atoms with E-state index in [4.69, 9.17) is 5.73 Å². The Hall–Kier alpha value is -0.360. The van der Waals surface area contributed by atoms with Gasteiger partial charge < -0.3 is 11.1 Å². The van der Waals surface area contributed by atoms with E-state index in [1.54, 1.807) is 11.3 Å². The summed E-state index contributed by atoms with van der Waals surface area (Å²) in [5, 5.41) is 2.96. The van der Waals surface area contributed by atoms with E-state index in [0.29, 0.717) is 6.54 Å². The van der Waals surface area contributed by atoms with E-state index in [0.717, 1.165) is 29.8 Å². The van der Waals surface area contributed by atoms with E-state index in [1.807, 2.05) is 12.4 Å². The molecule has 1 aromatic rings. The van der Waals surface area contributed by atoms with Crippen LogP contribution in [0, 0.1) is 12.8 Å². The Bertz CT molecular complexity index is 386. The summed E-state index contributed by atoms with van der Waals surface area (Å²) < 4.78 is 0. The molecule has 4 nitrogen and oxygen atoms in total. The van der Waals surface area contributed by atoms with Crippen LogP contribution < -0.4 is 11.1 Å². The van der Waals surface area contributed by atoms with Crippen LogP contribution >= 0.6 is 36.2 Å². The Morgan fingerprint density at radius 3 is 2.78 bits per heavy atom. The summed E-state index contributed by atoms with van der Waals surface area (Å²) >= 11 is 1.58. The number of aryl methyl sites for hydroxylation is 1. The van der Waals surface area contributed by atoms with Gasteiger partial charge in [-0.1, -0.05) is 0 Å². The largest absolute Gasteiger partial charge is 0.351 e. The number of nitrogens with zero attached hydrogens (tertiary/aromatic N) is 1. The molecule has 1 aliphatic rings. The zero-order valence-corrected chi connectivity index (χ0v) is 12.7. The topological polar surface area (TPSA) is 68.0 Å². The maximum atomic E-state index is 11.8. The Balaban J connectivity index is 0.00000144. The number of nitrogens with two attached hydrogens (primary N) is 1. The Labute approximate surface area is 124 Å². The molecular weight excluding hydrogens is 293 g/mol. The van der Waals surface area contributed by atoms with Gasteiger partial charge in [0.1, 0.15) is 0 Å². The third kappa shape index (κ3) is 4.39. The third-order valence-corrected chi connectivity index (χ3v) is 4.05. The minimum absolute atomic E-state index is 0. The van der Waals surface area contributed by atoms with Crippen LogP contribution in [0.3, 0.4) is 0 Å². The van der Waals surface area contributed by atoms with Crippen molar-refractivity contribution in [1.29, 1.82) is 0 Å². The molecule has 1 aromatic heterocycles. The number of hydrogen-bond donors (Lipinski definition) is 2. The van der Waals surface area contributed by atoms with Crippen molar-refractivity contribution in [2.45, 2.75) is 38.8 Å². The molecule has 0 spiro atoms. The summed E-state index contributed by atoms with van der Waals surface area (Å²) in [5.74, 6) is 0.254. The molecule has 3 N–H and O–H groups in total. The second-order valence-electron chi connectivity index (χ2n) is 4.35. The highest BCUT2D eigenvalue weighted by atomic mass is 35.5. The molecule has 18 heavy (non-hydrogen) atoms. The third-order valence-electron chi connectivity index (χ3n) is 3.11. The quantitative estimate of drug-likeness (QED) is 0.897. The van der Waals surface area contributed by atoms with E-state index in [2.05, 4.69) is 10.3 Å². The average Bonchev–Trinajstić information content (AvgIpc) is 2.84. The molecule has 0 saturated heterocycles. The van der Waals surface area contributed by atoms with Gasteiger partial charge in [0.2, 0.25) is 5.91 Å². The molecule has 0 bridgehead atoms. The van der Waals surface area contributed by atoms with Gasteiger partial charge in [0.05, 0.1) is 17.7 Å². The molecule has 2 rings (SSSR count). The standard InChI is InChI=1S/C11H17N3OS.2ClH/c1-7-10(16-6-14-7)5-13-11(15)8-2-3-9(12)4-8;;/h6,8-9H,2-5,12H2,1H3,(H,13,15);2*1H. The van der Waals surface area contributed by atoms with Crippen molar-refractivity contribution >= 4 is 42.1 Å². The van der Waals surface area contributed by atoms with Gasteiger partial charge in [-0.3, -0.25) is 4.79 Å². The fourth-order valence-corrected chi connectivity index (χ4v) is 2.78. The molecule has 2 atom stereocenters. The summed E-state index contributed by atoms with van der Waals surface area (Å²) in [6, 6.07) is 0.209. The molecule has 0 aliphatic heterocycles. The molecule has 1 saturated carbocycles. The lowest BCUT2D eigenvalue weighted by Gasteiger charge is -2.09. The summed E-state index contributed by atoms with van der Waals surface area (Å²) in [6.45, 7) is 2.56. The summed E-state index contributed by atoms with van der Waals surface area (Å²) in [5.41, 5.74) is 8.61. The first-order valence-corrected chi connectivity index (χ1v) is 6.47. The molecule has 7 heteroatoms. The van der Waals surface area contributed by atoms with E-state index < -0.39 is 0 Å². The number of amides is 1. The van der Waals surface area contributed by atoms with Crippen LogP contribution in [-0.2, 0) is 11.3 Å². The molecule has 104 valence electrons. The zero-order valence-electron chi connectivity index (χ0n) is 10.2. The number of halogens is 2. The lowest BCUT2D eigenvalue weighted by Crippen LogP contribution is -2.29. The van der Waals surface area contributed by atoms with Gasteiger partial charge in [-0.05, 0) is 26.2 Å². The summed E-state index contributed by atoms with van der Waals surface area (Å²) in [4.78, 5) is 17.1. The average molecular weight is 312 g/mol. The smallest absolute Gasteiger partial charge is 0.223 e. The molecule has 0 aromatic carbocycles. The van der Waals surface area contributed by atoms with Crippen molar-refractivity contribution in [2.24, 2.45) is 11.7 Å². The number of carbonyl (C=O) groups excluding carboxylic acids is 1. The molecular formula is C11H19Cl2N3OS. The second kappa shape index (κ2) is 7.94. The van der Waals surface area contributed by atoms with Crippen LogP contribution in [0.5, 0.6) is 0 Å². The van der Waals surface area contributed by atoms with Gasteiger partial charge in [-0.2, -0.15) is 0 Å². The van der Waals surface area contributed by atoms with Gasteiger partial charge in [-0.25, -0.2) is 4.98 Å². The number of rotatable bonds is 3. The first-order valence-electron chi connectivity index (χ1n) is 5.59. The van der Waals surface area contributed by atoms with E-state index >= 15 is 0 Å². The van der Waals surface area contributed by atoms with Crippen LogP contribution in [-0.4, -0.2) is 16.9 Å². The van der Waals surface area contributed by atoms with Crippen LogP contribution in [0.1, 0.15) is 29.8 Å². The van der Waals surface area contributed by atoms with E-state index in [-0.39, 0.29) is 42.7 Å². The Kier molecular flexibility index (Phi) is 7.78. The molecule has 1 heterocycles. The Morgan fingerprint density at radius 2 is 2.28 bits per heavy atom. The number of aromatic nitrogens is 1. The van der Waals surface area contributed by atoms with Crippen molar-refractivity contribution in [3.63, 3.8) is 0 Å². The highest BCUT2D eigenvalue weighted by Gasteiger charge is 2.27. The molecule has 1 fully saturated rings. The number of thiazole rings is 1. The molecule has 2 unspecified atom stereocenters. The summed E-state index contributed by atoms with van der Waals surface area (Å²) in [6.07, 6.45) is 2.72. The maximum absolute atomic E-state index is 11.8. The zero-order chi connectivity index (χ0) is 11.5. The van der Waals surface area contributed by atoms with Crippen molar-refractivity contribution < 1.29 is 4.79 Å². The minimum Gasteiger partial charge on any atom is -0.351 e. The molecule has 0 radical (unpaired) electrons. The highest BCUT2D eigenvalue weighted by molar-refractivity contribution is 7.09. The second-order valence-corrected chi connectivity index (χ2v) is 5.29. The van der Waals surface area contributed by atoms with E-state index in [9.17, 15) is 4.79 Å².